The van der Waals surface area contributed by atoms with Gasteiger partial charge >= 0.3 is 0 Å². The summed E-state index contributed by atoms with van der Waals surface area (Å²) in [6, 6.07) is 13.0. The van der Waals surface area contributed by atoms with Crippen LogP contribution in [0.2, 0.25) is 18.1 Å². The molecule has 0 aliphatic carbocycles. The molecule has 0 bridgehead atoms. The number of hydrogen-bond acceptors (Lipinski definition) is 5. The van der Waals surface area contributed by atoms with E-state index in [4.69, 9.17) is 18.6 Å². The average molecular weight is 407 g/mol. The van der Waals surface area contributed by atoms with Crippen LogP contribution in [-0.4, -0.2) is 44.6 Å². The highest BCUT2D eigenvalue weighted by atomic mass is 28.4. The molecule has 0 unspecified atom stereocenters. The van der Waals surface area contributed by atoms with Crippen molar-refractivity contribution in [3.8, 4) is 0 Å². The van der Waals surface area contributed by atoms with Crippen molar-refractivity contribution in [2.45, 2.75) is 88.9 Å². The first-order valence-electron chi connectivity index (χ1n) is 10.5. The third-order valence-electron chi connectivity index (χ3n) is 6.64. The van der Waals surface area contributed by atoms with E-state index in [0.717, 1.165) is 30.0 Å². The van der Waals surface area contributed by atoms with Gasteiger partial charge < -0.3 is 23.4 Å². The summed E-state index contributed by atoms with van der Waals surface area (Å²) in [7, 11) is -1.90. The maximum atomic E-state index is 12.1. The summed E-state index contributed by atoms with van der Waals surface area (Å²) >= 11 is 0. The number of carbonyl (C=O) groups excluding carboxylic acids is 1. The van der Waals surface area contributed by atoms with Crippen molar-refractivity contribution in [1.82, 2.24) is 0 Å². The van der Waals surface area contributed by atoms with Gasteiger partial charge in [-0.2, -0.15) is 0 Å². The lowest BCUT2D eigenvalue weighted by Gasteiger charge is -2.55. The summed E-state index contributed by atoms with van der Waals surface area (Å²) in [5.41, 5.74) is -0.671. The minimum absolute atomic E-state index is 0.193. The Bertz CT molecular complexity index is 656. The van der Waals surface area contributed by atoms with Gasteiger partial charge in [-0.15, -0.1) is 0 Å². The topological polar surface area (TPSA) is 54.0 Å². The Hall–Kier alpha value is -1.05. The largest absolute Gasteiger partial charge is 0.410 e. The molecule has 28 heavy (non-hydrogen) atoms. The van der Waals surface area contributed by atoms with E-state index in [0.29, 0.717) is 13.0 Å². The van der Waals surface area contributed by atoms with Crippen LogP contribution in [0.3, 0.4) is 0 Å². The van der Waals surface area contributed by atoms with Gasteiger partial charge in [0.1, 0.15) is 11.2 Å². The van der Waals surface area contributed by atoms with Crippen molar-refractivity contribution in [2.24, 2.45) is 0 Å². The third-order valence-corrected chi connectivity index (χ3v) is 11.3. The Morgan fingerprint density at radius 3 is 2.36 bits per heavy atom. The predicted molar refractivity (Wildman–Crippen MR) is 111 cm³/mol. The molecule has 156 valence electrons. The van der Waals surface area contributed by atoms with Crippen LogP contribution in [0.15, 0.2) is 30.3 Å². The molecule has 0 amide bonds. The van der Waals surface area contributed by atoms with Crippen LogP contribution in [0.1, 0.15) is 52.9 Å². The molecule has 5 atom stereocenters. The van der Waals surface area contributed by atoms with Gasteiger partial charge in [0.2, 0.25) is 0 Å². The molecule has 6 heteroatoms. The molecule has 3 rings (SSSR count). The van der Waals surface area contributed by atoms with E-state index < -0.39 is 25.8 Å². The first-order chi connectivity index (χ1) is 13.3. The van der Waals surface area contributed by atoms with E-state index in [1.807, 2.05) is 44.2 Å². The Balaban J connectivity index is 1.84. The molecule has 0 radical (unpaired) electrons. The zero-order chi connectivity index (χ0) is 20.4. The van der Waals surface area contributed by atoms with Crippen LogP contribution >= 0.6 is 0 Å². The second kappa shape index (κ2) is 8.36. The van der Waals surface area contributed by atoms with Gasteiger partial charge in [0.05, 0.1) is 18.8 Å². The summed E-state index contributed by atoms with van der Waals surface area (Å²) in [4.78, 5) is 12.1. The Morgan fingerprint density at radius 2 is 1.79 bits per heavy atom. The summed E-state index contributed by atoms with van der Waals surface area (Å²) in [6.07, 6.45) is 0.621. The number of hydrogen-bond donors (Lipinski definition) is 0. The third kappa shape index (κ3) is 3.98. The molecule has 2 fully saturated rings. The lowest BCUT2D eigenvalue weighted by molar-refractivity contribution is -0.346. The molecule has 2 aliphatic heterocycles. The smallest absolute Gasteiger partial charge is 0.192 e. The molecular formula is C22H34O5Si. The second-order valence-corrected chi connectivity index (χ2v) is 13.2. The molecule has 1 aromatic carbocycles. The van der Waals surface area contributed by atoms with Gasteiger partial charge in [0, 0.05) is 12.0 Å². The quantitative estimate of drug-likeness (QED) is 0.488. The molecule has 1 aromatic rings. The standard InChI is InChI=1S/C22H34O5Si/c1-6-28(7-2,8-3)26-19-14-18-22(5,27-21(19,4)15-23)16-24-20(25-18)17-12-10-9-11-13-17/h9-13,15,18-20H,6-8,14,16H2,1-5H3/t18-,19+,20+,21-,22+/m0/s1. The molecule has 2 saturated heterocycles. The first kappa shape index (κ1) is 21.7. The van der Waals surface area contributed by atoms with E-state index in [2.05, 4.69) is 20.8 Å². The zero-order valence-corrected chi connectivity index (χ0v) is 18.8. The molecule has 0 saturated carbocycles. The van der Waals surface area contributed by atoms with Crippen LogP contribution in [0, 0.1) is 0 Å². The highest BCUT2D eigenvalue weighted by Gasteiger charge is 2.57. The van der Waals surface area contributed by atoms with Gasteiger partial charge in [-0.25, -0.2) is 0 Å². The Kier molecular flexibility index (Phi) is 6.47. The molecule has 0 N–H and O–H groups in total. The summed E-state index contributed by atoms with van der Waals surface area (Å²) in [6.45, 7) is 10.8. The number of rotatable bonds is 7. The van der Waals surface area contributed by atoms with Crippen LogP contribution in [-0.2, 0) is 23.4 Å². The molecule has 0 spiro atoms. The SMILES string of the molecule is CC[Si](CC)(CC)O[C@@H]1C[C@@H]2O[C@H](c3ccccc3)OC[C@@]2(C)O[C@@]1(C)C=O. The van der Waals surface area contributed by atoms with Crippen molar-refractivity contribution >= 4 is 14.6 Å². The van der Waals surface area contributed by atoms with E-state index in [9.17, 15) is 4.79 Å². The molecule has 5 nitrogen and oxygen atoms in total. The van der Waals surface area contributed by atoms with Crippen molar-refractivity contribution in [3.63, 3.8) is 0 Å². The highest BCUT2D eigenvalue weighted by Crippen LogP contribution is 2.45. The number of ether oxygens (including phenoxy) is 3. The van der Waals surface area contributed by atoms with Crippen LogP contribution in [0.25, 0.3) is 0 Å². The molecule has 2 aliphatic rings. The molecular weight excluding hydrogens is 372 g/mol. The fourth-order valence-corrected chi connectivity index (χ4v) is 7.35. The molecule has 0 aromatic heterocycles. The predicted octanol–water partition coefficient (Wildman–Crippen LogP) is 4.63. The van der Waals surface area contributed by atoms with Gasteiger partial charge in [-0.3, -0.25) is 0 Å². The normalized spacial score (nSPS) is 36.0. The summed E-state index contributed by atoms with van der Waals surface area (Å²) in [5, 5.41) is 0. The van der Waals surface area contributed by atoms with E-state index in [1.54, 1.807) is 0 Å². The van der Waals surface area contributed by atoms with Gasteiger partial charge in [-0.1, -0.05) is 51.1 Å². The van der Waals surface area contributed by atoms with Crippen molar-refractivity contribution in [2.75, 3.05) is 6.61 Å². The molecule has 2 heterocycles. The minimum Gasteiger partial charge on any atom is -0.410 e. The minimum atomic E-state index is -1.90. The van der Waals surface area contributed by atoms with Crippen LogP contribution < -0.4 is 0 Å². The van der Waals surface area contributed by atoms with Crippen LogP contribution in [0.4, 0.5) is 0 Å². The van der Waals surface area contributed by atoms with Gasteiger partial charge in [-0.05, 0) is 32.0 Å². The van der Waals surface area contributed by atoms with Gasteiger partial charge in [0.15, 0.2) is 20.9 Å². The maximum absolute atomic E-state index is 12.1. The maximum Gasteiger partial charge on any atom is 0.192 e. The lowest BCUT2D eigenvalue weighted by atomic mass is 9.82. The number of fused-ring (bicyclic) bond motifs is 1. The lowest BCUT2D eigenvalue weighted by Crippen LogP contribution is -2.67. The highest BCUT2D eigenvalue weighted by molar-refractivity contribution is 6.73. The average Bonchev–Trinajstić information content (AvgIpc) is 2.73. The van der Waals surface area contributed by atoms with Gasteiger partial charge in [0.25, 0.3) is 0 Å². The second-order valence-electron chi connectivity index (χ2n) is 8.48. The fourth-order valence-electron chi connectivity index (χ4n) is 4.41. The van der Waals surface area contributed by atoms with E-state index >= 15 is 0 Å². The first-order valence-corrected chi connectivity index (χ1v) is 13.0. The van der Waals surface area contributed by atoms with E-state index in [1.165, 1.54) is 0 Å². The Morgan fingerprint density at radius 1 is 1.14 bits per heavy atom. The monoisotopic (exact) mass is 406 g/mol. The summed E-state index contributed by atoms with van der Waals surface area (Å²) < 4.78 is 25.4. The number of carbonyl (C=O) groups is 1. The number of aldehydes is 1. The summed E-state index contributed by atoms with van der Waals surface area (Å²) in [5.74, 6) is 0. The fraction of sp³-hybridized carbons (Fsp3) is 0.682. The van der Waals surface area contributed by atoms with E-state index in [-0.39, 0.29) is 12.2 Å². The van der Waals surface area contributed by atoms with Crippen LogP contribution in [0.5, 0.6) is 0 Å². The Labute approximate surface area is 169 Å². The zero-order valence-electron chi connectivity index (χ0n) is 17.8. The van der Waals surface area contributed by atoms with Crippen molar-refractivity contribution in [1.29, 1.82) is 0 Å². The number of benzene rings is 1. The van der Waals surface area contributed by atoms with Crippen molar-refractivity contribution in [3.05, 3.63) is 35.9 Å². The van der Waals surface area contributed by atoms with Crippen molar-refractivity contribution < 1.29 is 23.4 Å².